The fourth-order valence-corrected chi connectivity index (χ4v) is 3.22. The number of aryl methyl sites for hydroxylation is 1. The van der Waals surface area contributed by atoms with Crippen LogP contribution in [0, 0.1) is 0 Å². The van der Waals surface area contributed by atoms with Crippen LogP contribution in [0.15, 0.2) is 67.1 Å². The molecule has 2 heteroatoms. The van der Waals surface area contributed by atoms with Gasteiger partial charge in [-0.3, -0.25) is 9.97 Å². The number of nitrogens with zero attached hydrogens (tertiary/aromatic N) is 2. The summed E-state index contributed by atoms with van der Waals surface area (Å²) in [6.07, 6.45) is 14.9. The number of hydrogen-bond acceptors (Lipinski definition) is 2. The van der Waals surface area contributed by atoms with Crippen molar-refractivity contribution in [1.82, 2.24) is 9.97 Å². The third-order valence-corrected chi connectivity index (χ3v) is 4.83. The topological polar surface area (TPSA) is 25.8 Å². The van der Waals surface area contributed by atoms with E-state index in [1.807, 2.05) is 18.5 Å². The van der Waals surface area contributed by atoms with Gasteiger partial charge in [0, 0.05) is 35.3 Å². The SMILES string of the molecule is CCCCCCCCc1ccc(-c2ccc(-c3cccnc3)cn2)cc1. The van der Waals surface area contributed by atoms with E-state index in [-0.39, 0.29) is 0 Å². The molecule has 2 aromatic heterocycles. The number of rotatable bonds is 9. The van der Waals surface area contributed by atoms with Gasteiger partial charge in [0.25, 0.3) is 0 Å². The standard InChI is InChI=1S/C24H28N2/c1-2-3-4-5-6-7-9-20-11-13-21(14-12-20)24-16-15-23(19-26-24)22-10-8-17-25-18-22/h8,10-19H,2-7,9H2,1H3. The van der Waals surface area contributed by atoms with Gasteiger partial charge in [-0.2, -0.15) is 0 Å². The van der Waals surface area contributed by atoms with Crippen LogP contribution in [-0.4, -0.2) is 9.97 Å². The average molecular weight is 345 g/mol. The number of pyridine rings is 2. The smallest absolute Gasteiger partial charge is 0.0702 e. The van der Waals surface area contributed by atoms with Crippen molar-refractivity contribution in [3.63, 3.8) is 0 Å². The number of unbranched alkanes of at least 4 members (excludes halogenated alkanes) is 5. The highest BCUT2D eigenvalue weighted by Crippen LogP contribution is 2.22. The molecule has 0 amide bonds. The Bertz CT molecular complexity index is 762. The predicted octanol–water partition coefficient (Wildman–Crippen LogP) is 6.71. The third kappa shape index (κ3) is 5.26. The molecule has 0 aliphatic carbocycles. The van der Waals surface area contributed by atoms with E-state index in [0.29, 0.717) is 0 Å². The quantitative estimate of drug-likeness (QED) is 0.403. The summed E-state index contributed by atoms with van der Waals surface area (Å²) in [5.41, 5.74) is 5.82. The van der Waals surface area contributed by atoms with Crippen LogP contribution in [0.1, 0.15) is 51.0 Å². The Morgan fingerprint density at radius 2 is 1.42 bits per heavy atom. The van der Waals surface area contributed by atoms with Gasteiger partial charge >= 0.3 is 0 Å². The molecule has 0 aliphatic heterocycles. The van der Waals surface area contributed by atoms with E-state index < -0.39 is 0 Å². The molecule has 3 rings (SSSR count). The van der Waals surface area contributed by atoms with Crippen LogP contribution in [-0.2, 0) is 6.42 Å². The third-order valence-electron chi connectivity index (χ3n) is 4.83. The Balaban J connectivity index is 1.55. The molecule has 1 aromatic carbocycles. The first-order chi connectivity index (χ1) is 12.9. The van der Waals surface area contributed by atoms with E-state index in [0.717, 1.165) is 16.8 Å². The van der Waals surface area contributed by atoms with Crippen molar-refractivity contribution >= 4 is 0 Å². The molecule has 0 atom stereocenters. The lowest BCUT2D eigenvalue weighted by molar-refractivity contribution is 0.607. The molecule has 0 aliphatic rings. The Labute approximate surface area is 157 Å². The van der Waals surface area contributed by atoms with Crippen molar-refractivity contribution in [2.24, 2.45) is 0 Å². The maximum atomic E-state index is 4.63. The Kier molecular flexibility index (Phi) is 6.95. The monoisotopic (exact) mass is 344 g/mol. The van der Waals surface area contributed by atoms with Gasteiger partial charge < -0.3 is 0 Å². The minimum atomic E-state index is 1.02. The number of benzene rings is 1. The zero-order chi connectivity index (χ0) is 18.0. The normalized spacial score (nSPS) is 10.8. The van der Waals surface area contributed by atoms with Crippen molar-refractivity contribution in [3.8, 4) is 22.4 Å². The van der Waals surface area contributed by atoms with Crippen molar-refractivity contribution in [3.05, 3.63) is 72.7 Å². The second kappa shape index (κ2) is 9.86. The van der Waals surface area contributed by atoms with Crippen LogP contribution in [0.5, 0.6) is 0 Å². The van der Waals surface area contributed by atoms with Crippen molar-refractivity contribution in [1.29, 1.82) is 0 Å². The van der Waals surface area contributed by atoms with Crippen molar-refractivity contribution in [2.45, 2.75) is 51.9 Å². The molecule has 0 spiro atoms. The molecule has 0 fully saturated rings. The van der Waals surface area contributed by atoms with Crippen LogP contribution < -0.4 is 0 Å². The predicted molar refractivity (Wildman–Crippen MR) is 110 cm³/mol. The van der Waals surface area contributed by atoms with E-state index in [4.69, 9.17) is 0 Å². The number of aromatic nitrogens is 2. The van der Waals surface area contributed by atoms with Crippen LogP contribution in [0.3, 0.4) is 0 Å². The van der Waals surface area contributed by atoms with Crippen LogP contribution in [0.2, 0.25) is 0 Å². The van der Waals surface area contributed by atoms with E-state index in [9.17, 15) is 0 Å². The summed E-state index contributed by atoms with van der Waals surface area (Å²) in [6.45, 7) is 2.27. The molecular formula is C24H28N2. The highest BCUT2D eigenvalue weighted by molar-refractivity contribution is 5.66. The lowest BCUT2D eigenvalue weighted by Crippen LogP contribution is -1.89. The summed E-state index contributed by atoms with van der Waals surface area (Å²) >= 11 is 0. The highest BCUT2D eigenvalue weighted by atomic mass is 14.7. The molecule has 0 saturated carbocycles. The fourth-order valence-electron chi connectivity index (χ4n) is 3.22. The first-order valence-electron chi connectivity index (χ1n) is 9.82. The first-order valence-corrected chi connectivity index (χ1v) is 9.82. The number of hydrogen-bond donors (Lipinski definition) is 0. The lowest BCUT2D eigenvalue weighted by Gasteiger charge is -2.06. The molecule has 3 aromatic rings. The molecule has 0 radical (unpaired) electrons. The van der Waals surface area contributed by atoms with Gasteiger partial charge in [0.1, 0.15) is 0 Å². The fraction of sp³-hybridized carbons (Fsp3) is 0.333. The van der Waals surface area contributed by atoms with Crippen LogP contribution in [0.4, 0.5) is 0 Å². The molecule has 0 N–H and O–H groups in total. The maximum absolute atomic E-state index is 4.63. The van der Waals surface area contributed by atoms with Gasteiger partial charge in [-0.25, -0.2) is 0 Å². The van der Waals surface area contributed by atoms with Gasteiger partial charge in [0.2, 0.25) is 0 Å². The minimum absolute atomic E-state index is 1.02. The van der Waals surface area contributed by atoms with Crippen molar-refractivity contribution < 1.29 is 0 Å². The zero-order valence-corrected chi connectivity index (χ0v) is 15.7. The van der Waals surface area contributed by atoms with Crippen LogP contribution in [0.25, 0.3) is 22.4 Å². The largest absolute Gasteiger partial charge is 0.264 e. The summed E-state index contributed by atoms with van der Waals surface area (Å²) in [4.78, 5) is 8.80. The van der Waals surface area contributed by atoms with Gasteiger partial charge in [0.05, 0.1) is 5.69 Å². The summed E-state index contributed by atoms with van der Waals surface area (Å²) in [6, 6.07) is 17.1. The van der Waals surface area contributed by atoms with E-state index >= 15 is 0 Å². The molecule has 134 valence electrons. The Hall–Kier alpha value is -2.48. The van der Waals surface area contributed by atoms with Gasteiger partial charge in [-0.15, -0.1) is 0 Å². The second-order valence-corrected chi connectivity index (χ2v) is 6.89. The van der Waals surface area contributed by atoms with Gasteiger partial charge in [-0.1, -0.05) is 75.4 Å². The maximum Gasteiger partial charge on any atom is 0.0702 e. The highest BCUT2D eigenvalue weighted by Gasteiger charge is 2.02. The average Bonchev–Trinajstić information content (AvgIpc) is 2.72. The van der Waals surface area contributed by atoms with E-state index in [1.54, 1.807) is 6.20 Å². The van der Waals surface area contributed by atoms with Gasteiger partial charge in [-0.05, 0) is 30.5 Å². The minimum Gasteiger partial charge on any atom is -0.264 e. The van der Waals surface area contributed by atoms with E-state index in [2.05, 4.69) is 59.4 Å². The molecule has 0 saturated heterocycles. The molecule has 26 heavy (non-hydrogen) atoms. The molecule has 0 bridgehead atoms. The molecule has 2 heterocycles. The summed E-state index contributed by atoms with van der Waals surface area (Å²) in [5.74, 6) is 0. The molecular weight excluding hydrogens is 316 g/mol. The Morgan fingerprint density at radius 1 is 0.692 bits per heavy atom. The van der Waals surface area contributed by atoms with Gasteiger partial charge in [0.15, 0.2) is 0 Å². The molecule has 0 unspecified atom stereocenters. The summed E-state index contributed by atoms with van der Waals surface area (Å²) < 4.78 is 0. The molecule has 2 nitrogen and oxygen atoms in total. The van der Waals surface area contributed by atoms with Crippen LogP contribution >= 0.6 is 0 Å². The zero-order valence-electron chi connectivity index (χ0n) is 15.7. The lowest BCUT2D eigenvalue weighted by atomic mass is 10.0. The van der Waals surface area contributed by atoms with Crippen molar-refractivity contribution in [2.75, 3.05) is 0 Å². The second-order valence-electron chi connectivity index (χ2n) is 6.89. The van der Waals surface area contributed by atoms with E-state index in [1.165, 1.54) is 56.1 Å². The summed E-state index contributed by atoms with van der Waals surface area (Å²) in [7, 11) is 0. The Morgan fingerprint density at radius 3 is 2.12 bits per heavy atom. The first kappa shape index (κ1) is 18.3. The summed E-state index contributed by atoms with van der Waals surface area (Å²) in [5, 5.41) is 0.